The van der Waals surface area contributed by atoms with Crippen molar-refractivity contribution >= 4 is 11.8 Å². The second-order valence-corrected chi connectivity index (χ2v) is 6.87. The number of amides is 2. The van der Waals surface area contributed by atoms with E-state index in [1.165, 1.54) is 5.56 Å². The summed E-state index contributed by atoms with van der Waals surface area (Å²) in [4.78, 5) is 28.6. The second kappa shape index (κ2) is 9.56. The maximum absolute atomic E-state index is 12.8. The Morgan fingerprint density at radius 2 is 1.84 bits per heavy atom. The van der Waals surface area contributed by atoms with E-state index < -0.39 is 0 Å². The zero-order valence-corrected chi connectivity index (χ0v) is 15.8. The van der Waals surface area contributed by atoms with Gasteiger partial charge in [-0.1, -0.05) is 26.0 Å². The van der Waals surface area contributed by atoms with Crippen molar-refractivity contribution in [3.05, 3.63) is 35.4 Å². The summed E-state index contributed by atoms with van der Waals surface area (Å²) in [6, 6.07) is 7.96. The van der Waals surface area contributed by atoms with Gasteiger partial charge < -0.3 is 10.2 Å². The minimum atomic E-state index is 0.00882. The molecule has 25 heavy (non-hydrogen) atoms. The molecule has 1 heterocycles. The number of nitrogens with zero attached hydrogens (tertiary/aromatic N) is 2. The Labute approximate surface area is 151 Å². The number of carbonyl (C=O) groups excluding carboxylic acids is 2. The Bertz CT molecular complexity index is 565. The lowest BCUT2D eigenvalue weighted by Crippen LogP contribution is -2.41. The minimum Gasteiger partial charge on any atom is -0.354 e. The maximum atomic E-state index is 12.8. The highest BCUT2D eigenvalue weighted by Gasteiger charge is 2.25. The van der Waals surface area contributed by atoms with Crippen molar-refractivity contribution in [3.63, 3.8) is 0 Å². The van der Waals surface area contributed by atoms with Crippen LogP contribution in [0.3, 0.4) is 0 Å². The Kier molecular flexibility index (Phi) is 7.44. The fourth-order valence-electron chi connectivity index (χ4n) is 3.28. The zero-order valence-electron chi connectivity index (χ0n) is 15.8. The van der Waals surface area contributed by atoms with E-state index in [-0.39, 0.29) is 17.9 Å². The summed E-state index contributed by atoms with van der Waals surface area (Å²) in [5.41, 5.74) is 1.93. The molecule has 1 unspecified atom stereocenters. The highest BCUT2D eigenvalue weighted by Crippen LogP contribution is 2.14. The predicted octanol–water partition coefficient (Wildman–Crippen LogP) is 2.66. The molecule has 1 aliphatic rings. The summed E-state index contributed by atoms with van der Waals surface area (Å²) in [5.74, 6) is 0.0268. The lowest BCUT2D eigenvalue weighted by molar-refractivity contribution is -0.120. The Balaban J connectivity index is 2.02. The van der Waals surface area contributed by atoms with Crippen LogP contribution in [0.5, 0.6) is 0 Å². The third-order valence-corrected chi connectivity index (χ3v) is 4.65. The molecule has 1 aromatic carbocycles. The van der Waals surface area contributed by atoms with Crippen molar-refractivity contribution in [2.75, 3.05) is 26.2 Å². The first-order valence-corrected chi connectivity index (χ1v) is 9.44. The predicted molar refractivity (Wildman–Crippen MR) is 100 cm³/mol. The van der Waals surface area contributed by atoms with Crippen LogP contribution < -0.4 is 5.32 Å². The van der Waals surface area contributed by atoms with Crippen molar-refractivity contribution in [2.45, 2.75) is 52.6 Å². The lowest BCUT2D eigenvalue weighted by atomic mass is 10.1. The number of benzene rings is 1. The van der Waals surface area contributed by atoms with E-state index >= 15 is 0 Å². The second-order valence-electron chi connectivity index (χ2n) is 6.87. The van der Waals surface area contributed by atoms with Gasteiger partial charge in [-0.05, 0) is 50.6 Å². The number of hydrogen-bond acceptors (Lipinski definition) is 3. The van der Waals surface area contributed by atoms with Gasteiger partial charge in [-0.15, -0.1) is 0 Å². The normalized spacial score (nSPS) is 18.2. The fourth-order valence-corrected chi connectivity index (χ4v) is 3.28. The average Bonchev–Trinajstić information content (AvgIpc) is 2.77. The Morgan fingerprint density at radius 1 is 1.20 bits per heavy atom. The van der Waals surface area contributed by atoms with Gasteiger partial charge in [0.2, 0.25) is 5.91 Å². The van der Waals surface area contributed by atoms with Crippen molar-refractivity contribution < 1.29 is 9.59 Å². The molecule has 0 radical (unpaired) electrons. The van der Waals surface area contributed by atoms with Crippen LogP contribution in [0, 0.1) is 0 Å². The van der Waals surface area contributed by atoms with Crippen LogP contribution in [0.25, 0.3) is 0 Å². The van der Waals surface area contributed by atoms with Crippen molar-refractivity contribution in [3.8, 4) is 0 Å². The van der Waals surface area contributed by atoms with Gasteiger partial charge in [0.1, 0.15) is 0 Å². The van der Waals surface area contributed by atoms with Gasteiger partial charge in [0.15, 0.2) is 0 Å². The first-order chi connectivity index (χ1) is 12.0. The van der Waals surface area contributed by atoms with Gasteiger partial charge >= 0.3 is 0 Å². The SMILES string of the molecule is CCCN(CCC)Cc1ccc(C(=O)N2CCC(=O)NCC2C)cc1. The smallest absolute Gasteiger partial charge is 0.254 e. The van der Waals surface area contributed by atoms with Crippen LogP contribution >= 0.6 is 0 Å². The number of rotatable bonds is 7. The van der Waals surface area contributed by atoms with E-state index in [1.807, 2.05) is 19.1 Å². The summed E-state index contributed by atoms with van der Waals surface area (Å²) >= 11 is 0. The van der Waals surface area contributed by atoms with Crippen LogP contribution in [0.2, 0.25) is 0 Å². The van der Waals surface area contributed by atoms with Crippen molar-refractivity contribution in [2.24, 2.45) is 0 Å². The molecule has 1 aromatic rings. The zero-order chi connectivity index (χ0) is 18.2. The molecule has 2 amide bonds. The number of hydrogen-bond donors (Lipinski definition) is 1. The fraction of sp³-hybridized carbons (Fsp3) is 0.600. The van der Waals surface area contributed by atoms with Gasteiger partial charge in [-0.3, -0.25) is 14.5 Å². The number of carbonyl (C=O) groups is 2. The lowest BCUT2D eigenvalue weighted by Gasteiger charge is -2.26. The quantitative estimate of drug-likeness (QED) is 0.827. The average molecular weight is 345 g/mol. The van der Waals surface area contributed by atoms with E-state index in [0.29, 0.717) is 25.1 Å². The van der Waals surface area contributed by atoms with Gasteiger partial charge in [-0.2, -0.15) is 0 Å². The highest BCUT2D eigenvalue weighted by atomic mass is 16.2. The van der Waals surface area contributed by atoms with E-state index in [9.17, 15) is 9.59 Å². The van der Waals surface area contributed by atoms with Crippen LogP contribution in [0.4, 0.5) is 0 Å². The summed E-state index contributed by atoms with van der Waals surface area (Å²) in [5, 5.41) is 2.85. The molecule has 5 nitrogen and oxygen atoms in total. The summed E-state index contributed by atoms with van der Waals surface area (Å²) < 4.78 is 0. The molecular weight excluding hydrogens is 314 g/mol. The van der Waals surface area contributed by atoms with Crippen LogP contribution in [-0.4, -0.2) is 53.8 Å². The van der Waals surface area contributed by atoms with Crippen LogP contribution in [-0.2, 0) is 11.3 Å². The summed E-state index contributed by atoms with van der Waals surface area (Å²) in [6.07, 6.45) is 2.67. The molecule has 5 heteroatoms. The molecule has 0 spiro atoms. The van der Waals surface area contributed by atoms with Crippen LogP contribution in [0.1, 0.15) is 56.0 Å². The molecule has 1 atom stereocenters. The molecule has 2 rings (SSSR count). The molecule has 0 saturated carbocycles. The summed E-state index contributed by atoms with van der Waals surface area (Å²) in [6.45, 7) is 10.5. The van der Waals surface area contributed by atoms with Gasteiger partial charge in [-0.25, -0.2) is 0 Å². The van der Waals surface area contributed by atoms with Gasteiger partial charge in [0, 0.05) is 37.7 Å². The minimum absolute atomic E-state index is 0.00882. The van der Waals surface area contributed by atoms with E-state index in [2.05, 4.69) is 36.2 Å². The highest BCUT2D eigenvalue weighted by molar-refractivity contribution is 5.95. The maximum Gasteiger partial charge on any atom is 0.254 e. The standard InChI is InChI=1S/C20H31N3O2/c1-4-11-22(12-5-2)15-17-6-8-18(9-7-17)20(25)23-13-10-19(24)21-14-16(23)3/h6-9,16H,4-5,10-15H2,1-3H3,(H,21,24). The molecule has 1 saturated heterocycles. The largest absolute Gasteiger partial charge is 0.354 e. The molecular formula is C20H31N3O2. The molecule has 0 bridgehead atoms. The van der Waals surface area contributed by atoms with E-state index in [1.54, 1.807) is 4.90 Å². The molecule has 0 aromatic heterocycles. The molecule has 0 aliphatic carbocycles. The first-order valence-electron chi connectivity index (χ1n) is 9.44. The third-order valence-electron chi connectivity index (χ3n) is 4.65. The van der Waals surface area contributed by atoms with Crippen molar-refractivity contribution in [1.29, 1.82) is 0 Å². The monoisotopic (exact) mass is 345 g/mol. The molecule has 1 N–H and O–H groups in total. The molecule has 1 aliphatic heterocycles. The Morgan fingerprint density at radius 3 is 2.44 bits per heavy atom. The van der Waals surface area contributed by atoms with Crippen molar-refractivity contribution in [1.82, 2.24) is 15.1 Å². The Hall–Kier alpha value is -1.88. The van der Waals surface area contributed by atoms with E-state index in [4.69, 9.17) is 0 Å². The number of nitrogens with one attached hydrogen (secondary N) is 1. The topological polar surface area (TPSA) is 52.7 Å². The van der Waals surface area contributed by atoms with Crippen LogP contribution in [0.15, 0.2) is 24.3 Å². The first kappa shape index (κ1) is 19.4. The molecule has 138 valence electrons. The molecule has 1 fully saturated rings. The van der Waals surface area contributed by atoms with Gasteiger partial charge in [0.25, 0.3) is 5.91 Å². The van der Waals surface area contributed by atoms with Gasteiger partial charge in [0.05, 0.1) is 0 Å². The summed E-state index contributed by atoms with van der Waals surface area (Å²) in [7, 11) is 0. The van der Waals surface area contributed by atoms with E-state index in [0.717, 1.165) is 32.5 Å². The third kappa shape index (κ3) is 5.56.